The predicted molar refractivity (Wildman–Crippen MR) is 108 cm³/mol. The van der Waals surface area contributed by atoms with Crippen LogP contribution in [0.5, 0.6) is 5.75 Å². The maximum atomic E-state index is 14.0. The maximum absolute atomic E-state index is 14.0. The summed E-state index contributed by atoms with van der Waals surface area (Å²) in [7, 11) is 1.45. The van der Waals surface area contributed by atoms with Crippen molar-refractivity contribution >= 4 is 0 Å². The quantitative estimate of drug-likeness (QED) is 0.542. The fourth-order valence-corrected chi connectivity index (χ4v) is 3.31. The number of halogens is 1. The van der Waals surface area contributed by atoms with E-state index in [2.05, 4.69) is 0 Å². The van der Waals surface area contributed by atoms with Crippen LogP contribution in [0, 0.1) is 5.82 Å². The number of ether oxygens (including phenoxy) is 1. The standard InChI is InChI=1S/C23H21FN2O2/c1-15(27)13-26-10-9-19-12-21(25-22(19)14-26)17-5-3-16(4-6-17)18-7-8-23(28-2)20(24)11-18/h3-12,14-15,27H,13H2,1-2H3/t15-/m0/s1. The Labute approximate surface area is 163 Å². The molecule has 2 aromatic carbocycles. The minimum absolute atomic E-state index is 0.237. The lowest BCUT2D eigenvalue weighted by atomic mass is 10.0. The van der Waals surface area contributed by atoms with E-state index < -0.39 is 6.10 Å². The molecular weight excluding hydrogens is 355 g/mol. The fraction of sp³-hybridized carbons (Fsp3) is 0.174. The SMILES string of the molecule is COc1ccc(-c2ccc(-c3cc4ccn(C[C@H](C)O)cc-4n3)cc2)cc1F. The Hall–Kier alpha value is -3.18. The van der Waals surface area contributed by atoms with Crippen LogP contribution in [0.1, 0.15) is 6.92 Å². The van der Waals surface area contributed by atoms with Crippen molar-refractivity contribution in [1.29, 1.82) is 0 Å². The number of fused-ring (bicyclic) bond motifs is 1. The van der Waals surface area contributed by atoms with Crippen LogP contribution >= 0.6 is 0 Å². The predicted octanol–water partition coefficient (Wildman–Crippen LogP) is 4.85. The highest BCUT2D eigenvalue weighted by atomic mass is 19.1. The molecule has 0 aliphatic carbocycles. The third-order valence-corrected chi connectivity index (χ3v) is 4.70. The first-order chi connectivity index (χ1) is 13.5. The van der Waals surface area contributed by atoms with Crippen LogP contribution in [-0.2, 0) is 6.54 Å². The van der Waals surface area contributed by atoms with Crippen LogP contribution in [0.4, 0.5) is 4.39 Å². The average Bonchev–Trinajstić information content (AvgIpc) is 3.11. The van der Waals surface area contributed by atoms with E-state index in [4.69, 9.17) is 9.72 Å². The van der Waals surface area contributed by atoms with E-state index in [0.29, 0.717) is 6.54 Å². The zero-order valence-electron chi connectivity index (χ0n) is 15.8. The third kappa shape index (κ3) is 3.62. The summed E-state index contributed by atoms with van der Waals surface area (Å²) in [6.07, 6.45) is 3.48. The summed E-state index contributed by atoms with van der Waals surface area (Å²) in [6.45, 7) is 2.29. The first-order valence-electron chi connectivity index (χ1n) is 9.12. The number of aliphatic hydroxyl groups is 1. The molecule has 2 aliphatic heterocycles. The number of hydrogen-bond donors (Lipinski definition) is 1. The summed E-state index contributed by atoms with van der Waals surface area (Å²) in [5.41, 5.74) is 5.55. The molecule has 0 aromatic heterocycles. The molecule has 0 saturated carbocycles. The van der Waals surface area contributed by atoms with Gasteiger partial charge in [0.15, 0.2) is 11.6 Å². The van der Waals surface area contributed by atoms with E-state index in [1.54, 1.807) is 13.0 Å². The van der Waals surface area contributed by atoms with Gasteiger partial charge in [-0.2, -0.15) is 0 Å². The maximum Gasteiger partial charge on any atom is 0.165 e. The molecule has 0 unspecified atom stereocenters. The zero-order chi connectivity index (χ0) is 19.7. The van der Waals surface area contributed by atoms with Crippen LogP contribution in [-0.4, -0.2) is 27.9 Å². The van der Waals surface area contributed by atoms with Gasteiger partial charge >= 0.3 is 0 Å². The van der Waals surface area contributed by atoms with Crippen molar-refractivity contribution in [2.45, 2.75) is 19.6 Å². The number of pyridine rings is 1. The second-order valence-electron chi connectivity index (χ2n) is 6.90. The number of hydrogen-bond acceptors (Lipinski definition) is 3. The summed E-state index contributed by atoms with van der Waals surface area (Å²) < 4.78 is 20.9. The Morgan fingerprint density at radius 3 is 2.36 bits per heavy atom. The summed E-state index contributed by atoms with van der Waals surface area (Å²) in [5.74, 6) is -0.139. The number of rotatable bonds is 5. The van der Waals surface area contributed by atoms with Crippen LogP contribution in [0.3, 0.4) is 0 Å². The van der Waals surface area contributed by atoms with Gasteiger partial charge in [-0.3, -0.25) is 0 Å². The van der Waals surface area contributed by atoms with E-state index in [0.717, 1.165) is 33.6 Å². The average molecular weight is 376 g/mol. The molecule has 2 aromatic rings. The van der Waals surface area contributed by atoms with Gasteiger partial charge in [0, 0.05) is 30.1 Å². The number of nitrogens with zero attached hydrogens (tertiary/aromatic N) is 2. The molecule has 0 spiro atoms. The highest BCUT2D eigenvalue weighted by Crippen LogP contribution is 2.31. The van der Waals surface area contributed by atoms with Gasteiger partial charge in [0.1, 0.15) is 0 Å². The van der Waals surface area contributed by atoms with Crippen LogP contribution < -0.4 is 4.74 Å². The molecule has 0 saturated heterocycles. The molecule has 28 heavy (non-hydrogen) atoms. The number of aliphatic hydroxyl groups excluding tert-OH is 1. The molecule has 4 nitrogen and oxygen atoms in total. The summed E-state index contributed by atoms with van der Waals surface area (Å²) in [5, 5.41) is 9.56. The minimum atomic E-state index is -0.410. The Morgan fingerprint density at radius 2 is 1.68 bits per heavy atom. The third-order valence-electron chi connectivity index (χ3n) is 4.70. The van der Waals surface area contributed by atoms with Crippen molar-refractivity contribution in [2.75, 3.05) is 7.11 Å². The zero-order valence-corrected chi connectivity index (χ0v) is 15.8. The molecule has 0 amide bonds. The molecule has 2 aliphatic rings. The lowest BCUT2D eigenvalue weighted by Gasteiger charge is -2.09. The van der Waals surface area contributed by atoms with Gasteiger partial charge in [-0.1, -0.05) is 30.3 Å². The fourth-order valence-electron chi connectivity index (χ4n) is 3.31. The van der Waals surface area contributed by atoms with Crippen molar-refractivity contribution < 1.29 is 14.2 Å². The summed E-state index contributed by atoms with van der Waals surface area (Å²) >= 11 is 0. The van der Waals surface area contributed by atoms with Gasteiger partial charge in [0.05, 0.1) is 24.6 Å². The normalized spacial score (nSPS) is 12.3. The van der Waals surface area contributed by atoms with Gasteiger partial charge in [-0.25, -0.2) is 9.37 Å². The van der Waals surface area contributed by atoms with Crippen molar-refractivity contribution in [1.82, 2.24) is 9.55 Å². The molecule has 1 atom stereocenters. The van der Waals surface area contributed by atoms with Crippen molar-refractivity contribution in [3.8, 4) is 39.4 Å². The summed E-state index contributed by atoms with van der Waals surface area (Å²) in [6, 6.07) is 16.9. The topological polar surface area (TPSA) is 47.3 Å². The van der Waals surface area contributed by atoms with Gasteiger partial charge in [0.25, 0.3) is 0 Å². The van der Waals surface area contributed by atoms with Crippen molar-refractivity contribution in [2.24, 2.45) is 0 Å². The van der Waals surface area contributed by atoms with Gasteiger partial charge < -0.3 is 14.4 Å². The molecule has 142 valence electrons. The molecule has 0 bridgehead atoms. The van der Waals surface area contributed by atoms with Crippen LogP contribution in [0.2, 0.25) is 0 Å². The molecule has 2 heterocycles. The second kappa shape index (κ2) is 7.44. The highest BCUT2D eigenvalue weighted by Gasteiger charge is 2.12. The Bertz CT molecular complexity index is 1070. The van der Waals surface area contributed by atoms with Crippen LogP contribution in [0.15, 0.2) is 67.0 Å². The van der Waals surface area contributed by atoms with E-state index in [1.165, 1.54) is 13.2 Å². The molecule has 1 N–H and O–H groups in total. The van der Waals surface area contributed by atoms with Gasteiger partial charge in [-0.05, 0) is 42.3 Å². The van der Waals surface area contributed by atoms with Gasteiger partial charge in [0.2, 0.25) is 0 Å². The highest BCUT2D eigenvalue weighted by molar-refractivity contribution is 5.75. The Balaban J connectivity index is 1.62. The Morgan fingerprint density at radius 1 is 0.964 bits per heavy atom. The van der Waals surface area contributed by atoms with Crippen molar-refractivity contribution in [3.05, 3.63) is 72.8 Å². The monoisotopic (exact) mass is 376 g/mol. The van der Waals surface area contributed by atoms with Crippen LogP contribution in [0.25, 0.3) is 33.6 Å². The smallest absolute Gasteiger partial charge is 0.165 e. The number of aromatic nitrogens is 2. The largest absolute Gasteiger partial charge is 0.494 e. The molecule has 0 fully saturated rings. The Kier molecular flexibility index (Phi) is 4.84. The lowest BCUT2D eigenvalue weighted by Crippen LogP contribution is -2.11. The number of benzene rings is 2. The molecular formula is C23H21FN2O2. The lowest BCUT2D eigenvalue weighted by molar-refractivity contribution is 0.173. The van der Waals surface area contributed by atoms with E-state index >= 15 is 0 Å². The number of methoxy groups -OCH3 is 1. The van der Waals surface area contributed by atoms with Crippen molar-refractivity contribution in [3.63, 3.8) is 0 Å². The first-order valence-corrected chi connectivity index (χ1v) is 9.12. The van der Waals surface area contributed by atoms with E-state index in [-0.39, 0.29) is 11.6 Å². The second-order valence-corrected chi connectivity index (χ2v) is 6.90. The summed E-state index contributed by atoms with van der Waals surface area (Å²) in [4.78, 5) is 4.71. The van der Waals surface area contributed by atoms with Gasteiger partial charge in [-0.15, -0.1) is 0 Å². The van der Waals surface area contributed by atoms with E-state index in [9.17, 15) is 9.50 Å². The van der Waals surface area contributed by atoms with E-state index in [1.807, 2.05) is 59.4 Å². The molecule has 5 heteroatoms. The molecule has 0 radical (unpaired) electrons. The minimum Gasteiger partial charge on any atom is -0.494 e. The first kappa shape index (κ1) is 18.2. The molecule has 4 rings (SSSR count).